The third-order valence-corrected chi connectivity index (χ3v) is 6.10. The van der Waals surface area contributed by atoms with Crippen molar-refractivity contribution in [2.75, 3.05) is 26.3 Å². The first kappa shape index (κ1) is 32.0. The lowest BCUT2D eigenvalue weighted by Crippen LogP contribution is -2.31. The van der Waals surface area contributed by atoms with Crippen molar-refractivity contribution < 1.29 is 31.4 Å². The number of nitrogens with two attached hydrogens (primary N) is 2. The second-order valence-electron chi connectivity index (χ2n) is 9.47. The van der Waals surface area contributed by atoms with Crippen LogP contribution in [0.5, 0.6) is 11.5 Å². The number of benzene rings is 3. The number of hydrogen-bond donors (Lipinski definition) is 6. The van der Waals surface area contributed by atoms with Crippen LogP contribution in [0, 0.1) is 10.8 Å². The monoisotopic (exact) mass is 592 g/mol. The summed E-state index contributed by atoms with van der Waals surface area (Å²) in [5.41, 5.74) is 11.6. The van der Waals surface area contributed by atoms with Gasteiger partial charge in [-0.3, -0.25) is 10.8 Å². The molecule has 3 aromatic carbocycles. The molecular formula is C29H33F5N6O2. The number of hydrogen-bond acceptors (Lipinski definition) is 4. The van der Waals surface area contributed by atoms with Crippen LogP contribution >= 0.6 is 0 Å². The van der Waals surface area contributed by atoms with Crippen molar-refractivity contribution in [3.63, 3.8) is 0 Å². The van der Waals surface area contributed by atoms with E-state index < -0.39 is 17.7 Å². The minimum atomic E-state index is -4.51. The third-order valence-electron chi connectivity index (χ3n) is 6.10. The van der Waals surface area contributed by atoms with E-state index in [0.717, 1.165) is 19.1 Å². The van der Waals surface area contributed by atoms with Gasteiger partial charge in [0.05, 0.1) is 18.8 Å². The molecule has 0 amide bonds. The summed E-state index contributed by atoms with van der Waals surface area (Å²) in [5, 5.41) is 19.9. The molecule has 0 aliphatic rings. The summed E-state index contributed by atoms with van der Waals surface area (Å²) in [5.74, 6) is -2.72. The molecule has 42 heavy (non-hydrogen) atoms. The molecule has 0 saturated heterocycles. The van der Waals surface area contributed by atoms with Gasteiger partial charge in [0.1, 0.15) is 11.5 Å². The summed E-state index contributed by atoms with van der Waals surface area (Å²) in [6.07, 6.45) is -3.56. The highest BCUT2D eigenvalue weighted by Gasteiger charge is 2.30. The average molecular weight is 593 g/mol. The minimum absolute atomic E-state index is 0.175. The molecule has 0 unspecified atom stereocenters. The van der Waals surface area contributed by atoms with Crippen LogP contribution in [-0.4, -0.2) is 38.2 Å². The van der Waals surface area contributed by atoms with E-state index in [0.29, 0.717) is 59.7 Å². The molecular weight excluding hydrogens is 559 g/mol. The smallest absolute Gasteiger partial charge is 0.416 e. The number of ether oxygens (including phenoxy) is 2. The van der Waals surface area contributed by atoms with Crippen LogP contribution in [-0.2, 0) is 12.1 Å². The Bertz CT molecular complexity index is 1260. The SMILES string of the molecule is CC(F)(F)c1ccc(-c2cc(-c3ccc(C(F)(F)F)cc3)c(OCCCNC(=N)N)cc2OCCCNC(=N)N)cc1. The van der Waals surface area contributed by atoms with E-state index in [1.54, 1.807) is 12.1 Å². The summed E-state index contributed by atoms with van der Waals surface area (Å²) in [6.45, 7) is 1.94. The van der Waals surface area contributed by atoms with Gasteiger partial charge in [-0.15, -0.1) is 0 Å². The van der Waals surface area contributed by atoms with Gasteiger partial charge in [-0.1, -0.05) is 36.4 Å². The highest BCUT2D eigenvalue weighted by atomic mass is 19.4. The Hall–Kier alpha value is -4.55. The molecule has 0 aliphatic carbocycles. The van der Waals surface area contributed by atoms with Crippen molar-refractivity contribution in [2.45, 2.75) is 31.9 Å². The fourth-order valence-corrected chi connectivity index (χ4v) is 3.99. The van der Waals surface area contributed by atoms with Crippen LogP contribution in [0.2, 0.25) is 0 Å². The standard InChI is InChI=1S/C29H33F5N6O2/c1-28(30,31)20-8-4-18(5-9-20)22-16-23(19-6-10-21(11-7-19)29(32,33)34)25(42-15-3-13-40-27(37)38)17-24(22)41-14-2-12-39-26(35)36/h4-11,16-17H,2-3,12-15H2,1H3,(H4,35,36,39)(H4,37,38,40). The van der Waals surface area contributed by atoms with Crippen molar-refractivity contribution in [2.24, 2.45) is 11.5 Å². The summed E-state index contributed by atoms with van der Waals surface area (Å²) >= 11 is 0. The topological polar surface area (TPSA) is 142 Å². The van der Waals surface area contributed by atoms with Crippen LogP contribution in [0.25, 0.3) is 22.3 Å². The molecule has 3 rings (SSSR count). The molecule has 8 nitrogen and oxygen atoms in total. The maximum atomic E-state index is 13.9. The van der Waals surface area contributed by atoms with Crippen molar-refractivity contribution in [1.29, 1.82) is 10.8 Å². The van der Waals surface area contributed by atoms with Crippen LogP contribution in [0.1, 0.15) is 30.9 Å². The second kappa shape index (κ2) is 13.9. The number of nitrogens with one attached hydrogen (secondary N) is 4. The maximum Gasteiger partial charge on any atom is 0.416 e. The summed E-state index contributed by atoms with van der Waals surface area (Å²) in [7, 11) is 0. The van der Waals surface area contributed by atoms with Gasteiger partial charge >= 0.3 is 6.18 Å². The van der Waals surface area contributed by atoms with Gasteiger partial charge in [-0.05, 0) is 42.2 Å². The Kier molecular flexibility index (Phi) is 10.6. The molecule has 0 aliphatic heterocycles. The number of guanidine groups is 2. The van der Waals surface area contributed by atoms with Crippen LogP contribution in [0.15, 0.2) is 60.7 Å². The average Bonchev–Trinajstić information content (AvgIpc) is 2.91. The van der Waals surface area contributed by atoms with E-state index in [9.17, 15) is 22.0 Å². The zero-order valence-corrected chi connectivity index (χ0v) is 22.9. The summed E-state index contributed by atoms with van der Waals surface area (Å²) in [6, 6.07) is 13.6. The third kappa shape index (κ3) is 9.25. The van der Waals surface area contributed by atoms with Gasteiger partial charge in [0.25, 0.3) is 5.92 Å². The molecule has 0 bridgehead atoms. The van der Waals surface area contributed by atoms with E-state index in [1.807, 2.05) is 0 Å². The Morgan fingerprint density at radius 2 is 1.10 bits per heavy atom. The lowest BCUT2D eigenvalue weighted by Gasteiger charge is -2.19. The molecule has 0 aromatic heterocycles. The fraction of sp³-hybridized carbons (Fsp3) is 0.310. The van der Waals surface area contributed by atoms with Crippen LogP contribution in [0.3, 0.4) is 0 Å². The summed E-state index contributed by atoms with van der Waals surface area (Å²) < 4.78 is 79.4. The highest BCUT2D eigenvalue weighted by molar-refractivity contribution is 5.82. The molecule has 226 valence electrons. The van der Waals surface area contributed by atoms with Crippen molar-refractivity contribution in [1.82, 2.24) is 10.6 Å². The molecule has 8 N–H and O–H groups in total. The van der Waals surface area contributed by atoms with E-state index in [-0.39, 0.29) is 30.7 Å². The lowest BCUT2D eigenvalue weighted by molar-refractivity contribution is -0.137. The van der Waals surface area contributed by atoms with E-state index in [1.165, 1.54) is 36.4 Å². The normalized spacial score (nSPS) is 11.6. The Labute approximate surface area is 240 Å². The first-order valence-corrected chi connectivity index (χ1v) is 13.0. The zero-order valence-electron chi connectivity index (χ0n) is 22.9. The second-order valence-corrected chi connectivity index (χ2v) is 9.47. The predicted octanol–water partition coefficient (Wildman–Crippen LogP) is 5.66. The molecule has 0 radical (unpaired) electrons. The molecule has 0 fully saturated rings. The van der Waals surface area contributed by atoms with E-state index >= 15 is 0 Å². The Morgan fingerprint density at radius 1 is 0.690 bits per heavy atom. The van der Waals surface area contributed by atoms with Gasteiger partial charge in [0.2, 0.25) is 0 Å². The molecule has 0 saturated carbocycles. The Balaban J connectivity index is 2.05. The van der Waals surface area contributed by atoms with E-state index in [4.69, 9.17) is 31.8 Å². The highest BCUT2D eigenvalue weighted by Crippen LogP contribution is 2.42. The minimum Gasteiger partial charge on any atom is -0.493 e. The summed E-state index contributed by atoms with van der Waals surface area (Å²) in [4.78, 5) is 0. The van der Waals surface area contributed by atoms with Crippen molar-refractivity contribution in [3.8, 4) is 33.8 Å². The molecule has 0 heterocycles. The molecule has 0 atom stereocenters. The quantitative estimate of drug-likeness (QED) is 0.0655. The van der Waals surface area contributed by atoms with Gasteiger partial charge in [0, 0.05) is 42.8 Å². The maximum absolute atomic E-state index is 13.9. The predicted molar refractivity (Wildman–Crippen MR) is 152 cm³/mol. The largest absolute Gasteiger partial charge is 0.493 e. The number of alkyl halides is 5. The van der Waals surface area contributed by atoms with E-state index in [2.05, 4.69) is 10.6 Å². The fourth-order valence-electron chi connectivity index (χ4n) is 3.99. The van der Waals surface area contributed by atoms with Crippen molar-refractivity contribution >= 4 is 11.9 Å². The lowest BCUT2D eigenvalue weighted by atomic mass is 9.95. The van der Waals surface area contributed by atoms with Crippen LogP contribution < -0.4 is 31.6 Å². The molecule has 13 heteroatoms. The zero-order chi connectivity index (χ0) is 30.9. The first-order valence-electron chi connectivity index (χ1n) is 13.0. The first-order chi connectivity index (χ1) is 19.8. The van der Waals surface area contributed by atoms with Gasteiger partial charge in [0.15, 0.2) is 11.9 Å². The van der Waals surface area contributed by atoms with Crippen molar-refractivity contribution in [3.05, 3.63) is 71.8 Å². The van der Waals surface area contributed by atoms with Crippen LogP contribution in [0.4, 0.5) is 22.0 Å². The molecule has 0 spiro atoms. The number of rotatable bonds is 13. The van der Waals surface area contributed by atoms with Gasteiger partial charge in [-0.25, -0.2) is 8.78 Å². The number of halogens is 5. The van der Waals surface area contributed by atoms with Gasteiger partial charge < -0.3 is 31.6 Å². The van der Waals surface area contributed by atoms with Gasteiger partial charge in [-0.2, -0.15) is 13.2 Å². The Morgan fingerprint density at radius 3 is 1.45 bits per heavy atom. The molecule has 3 aromatic rings.